The Morgan fingerprint density at radius 1 is 1.19 bits per heavy atom. The molecule has 1 aromatic carbocycles. The normalized spacial score (nSPS) is 28.0. The van der Waals surface area contributed by atoms with Gasteiger partial charge in [0.2, 0.25) is 0 Å². The molecule has 0 N–H and O–H groups in total. The molecule has 3 aliphatic carbocycles. The molecule has 0 spiro atoms. The van der Waals surface area contributed by atoms with Crippen molar-refractivity contribution in [3.8, 4) is 0 Å². The standard InChI is InChI=1S/C23H22O4/c1-2-27-19(24)13-15-8-4-3-7-14-11-12-18-21(20(14)15)23(26)17-10-6-5-9-16(17)22(18)25/h3,5-7,9-11,13,18,20-21H,2,4,8,12H2,1H3/b15-13+. The second-order valence-corrected chi connectivity index (χ2v) is 7.24. The number of hydrogen-bond acceptors (Lipinski definition) is 4. The van der Waals surface area contributed by atoms with E-state index >= 15 is 0 Å². The molecule has 3 unspecified atom stereocenters. The van der Waals surface area contributed by atoms with Gasteiger partial charge in [-0.15, -0.1) is 0 Å². The Labute approximate surface area is 158 Å². The van der Waals surface area contributed by atoms with Crippen LogP contribution in [0.1, 0.15) is 46.9 Å². The van der Waals surface area contributed by atoms with Crippen LogP contribution >= 0.6 is 0 Å². The number of carbonyl (C=O) groups excluding carboxylic acids is 3. The summed E-state index contributed by atoms with van der Waals surface area (Å²) >= 11 is 0. The number of hydrogen-bond donors (Lipinski definition) is 0. The molecule has 0 amide bonds. The molecule has 0 heterocycles. The van der Waals surface area contributed by atoms with Gasteiger partial charge in [0.15, 0.2) is 11.6 Å². The number of Topliss-reactive ketones (excluding diaryl/α,β-unsaturated/α-hetero) is 2. The Morgan fingerprint density at radius 2 is 1.93 bits per heavy atom. The summed E-state index contributed by atoms with van der Waals surface area (Å²) < 4.78 is 5.10. The second kappa shape index (κ2) is 7.10. The molecule has 0 aliphatic heterocycles. The van der Waals surface area contributed by atoms with E-state index in [4.69, 9.17) is 4.74 Å². The summed E-state index contributed by atoms with van der Waals surface area (Å²) in [4.78, 5) is 38.6. The minimum Gasteiger partial charge on any atom is -0.463 e. The zero-order chi connectivity index (χ0) is 19.0. The third-order valence-electron chi connectivity index (χ3n) is 5.76. The van der Waals surface area contributed by atoms with Gasteiger partial charge in [-0.25, -0.2) is 4.79 Å². The topological polar surface area (TPSA) is 60.4 Å². The first-order chi connectivity index (χ1) is 13.1. The van der Waals surface area contributed by atoms with Gasteiger partial charge in [-0.05, 0) is 31.8 Å². The summed E-state index contributed by atoms with van der Waals surface area (Å²) in [6.45, 7) is 2.08. The van der Waals surface area contributed by atoms with Crippen LogP contribution in [0.2, 0.25) is 0 Å². The minimum atomic E-state index is -0.448. The molecule has 1 aromatic rings. The number of allylic oxidation sites excluding steroid dienone is 5. The molecule has 0 radical (unpaired) electrons. The summed E-state index contributed by atoms with van der Waals surface area (Å²) in [6, 6.07) is 7.08. The fraction of sp³-hybridized carbons (Fsp3) is 0.348. The van der Waals surface area contributed by atoms with E-state index < -0.39 is 5.92 Å². The fourth-order valence-corrected chi connectivity index (χ4v) is 4.61. The summed E-state index contributed by atoms with van der Waals surface area (Å²) in [6.07, 6.45) is 9.77. The van der Waals surface area contributed by atoms with Gasteiger partial charge in [0.1, 0.15) is 0 Å². The first-order valence-electron chi connectivity index (χ1n) is 9.53. The molecule has 138 valence electrons. The van der Waals surface area contributed by atoms with Gasteiger partial charge in [-0.1, -0.05) is 48.1 Å². The third-order valence-corrected chi connectivity index (χ3v) is 5.76. The van der Waals surface area contributed by atoms with Gasteiger partial charge < -0.3 is 4.74 Å². The third kappa shape index (κ3) is 2.99. The fourth-order valence-electron chi connectivity index (χ4n) is 4.61. The van der Waals surface area contributed by atoms with E-state index in [1.54, 1.807) is 31.2 Å². The predicted molar refractivity (Wildman–Crippen MR) is 101 cm³/mol. The number of esters is 1. The quantitative estimate of drug-likeness (QED) is 0.587. The smallest absolute Gasteiger partial charge is 0.330 e. The van der Waals surface area contributed by atoms with Crippen molar-refractivity contribution in [2.24, 2.45) is 17.8 Å². The minimum absolute atomic E-state index is 0.0101. The van der Waals surface area contributed by atoms with Gasteiger partial charge in [0, 0.05) is 35.0 Å². The average Bonchev–Trinajstić information content (AvgIpc) is 2.88. The Kier molecular flexibility index (Phi) is 4.65. The first kappa shape index (κ1) is 17.7. The molecule has 3 atom stereocenters. The van der Waals surface area contributed by atoms with Gasteiger partial charge in [-0.2, -0.15) is 0 Å². The van der Waals surface area contributed by atoms with Crippen molar-refractivity contribution in [2.45, 2.75) is 26.2 Å². The van der Waals surface area contributed by atoms with Crippen LogP contribution in [0.5, 0.6) is 0 Å². The predicted octanol–water partition coefficient (Wildman–Crippen LogP) is 4.08. The van der Waals surface area contributed by atoms with Crippen LogP contribution in [-0.2, 0) is 9.53 Å². The molecule has 3 aliphatic rings. The van der Waals surface area contributed by atoms with Crippen molar-refractivity contribution >= 4 is 17.5 Å². The van der Waals surface area contributed by atoms with E-state index in [9.17, 15) is 14.4 Å². The maximum absolute atomic E-state index is 13.4. The molecule has 0 fully saturated rings. The largest absolute Gasteiger partial charge is 0.463 e. The van der Waals surface area contributed by atoms with Crippen LogP contribution in [0.15, 0.2) is 59.7 Å². The summed E-state index contributed by atoms with van der Waals surface area (Å²) in [5, 5.41) is 0. The summed E-state index contributed by atoms with van der Waals surface area (Å²) in [5.41, 5.74) is 2.96. The van der Waals surface area contributed by atoms with E-state index in [2.05, 4.69) is 12.2 Å². The van der Waals surface area contributed by atoms with Gasteiger partial charge in [-0.3, -0.25) is 9.59 Å². The van der Waals surface area contributed by atoms with E-state index in [-0.39, 0.29) is 29.4 Å². The van der Waals surface area contributed by atoms with E-state index in [0.717, 1.165) is 17.6 Å². The number of ether oxygens (including phenoxy) is 1. The lowest BCUT2D eigenvalue weighted by molar-refractivity contribution is -0.137. The molecule has 0 bridgehead atoms. The van der Waals surface area contributed by atoms with Gasteiger partial charge in [0.05, 0.1) is 6.61 Å². The highest BCUT2D eigenvalue weighted by Crippen LogP contribution is 2.47. The molecule has 4 heteroatoms. The Balaban J connectivity index is 1.82. The van der Waals surface area contributed by atoms with Crippen molar-refractivity contribution in [1.82, 2.24) is 0 Å². The van der Waals surface area contributed by atoms with Crippen molar-refractivity contribution in [1.29, 1.82) is 0 Å². The Hall–Kier alpha value is -2.75. The highest BCUT2D eigenvalue weighted by molar-refractivity contribution is 6.16. The van der Waals surface area contributed by atoms with Crippen molar-refractivity contribution < 1.29 is 19.1 Å². The van der Waals surface area contributed by atoms with E-state index in [0.29, 0.717) is 30.6 Å². The van der Waals surface area contributed by atoms with Crippen molar-refractivity contribution in [2.75, 3.05) is 6.61 Å². The molecule has 0 saturated carbocycles. The van der Waals surface area contributed by atoms with Gasteiger partial charge in [0.25, 0.3) is 0 Å². The van der Waals surface area contributed by atoms with Crippen LogP contribution in [0.4, 0.5) is 0 Å². The van der Waals surface area contributed by atoms with Crippen LogP contribution in [-0.4, -0.2) is 24.1 Å². The molecule has 4 nitrogen and oxygen atoms in total. The molecule has 4 rings (SSSR count). The highest BCUT2D eigenvalue weighted by Gasteiger charge is 2.48. The molecular weight excluding hydrogens is 340 g/mol. The molecule has 0 saturated heterocycles. The average molecular weight is 362 g/mol. The second-order valence-electron chi connectivity index (χ2n) is 7.24. The highest BCUT2D eigenvalue weighted by atomic mass is 16.5. The van der Waals surface area contributed by atoms with Crippen LogP contribution in [0.25, 0.3) is 0 Å². The number of benzene rings is 1. The SMILES string of the molecule is CCOC(=O)/C=C1\CCC=CC2=CCC3C(=O)c4ccccc4C(=O)C3C21. The molecule has 0 aromatic heterocycles. The van der Waals surface area contributed by atoms with Crippen LogP contribution in [0, 0.1) is 17.8 Å². The Morgan fingerprint density at radius 3 is 2.67 bits per heavy atom. The maximum Gasteiger partial charge on any atom is 0.330 e. The van der Waals surface area contributed by atoms with E-state index in [1.165, 1.54) is 6.08 Å². The Bertz CT molecular complexity index is 903. The number of rotatable bonds is 2. The van der Waals surface area contributed by atoms with Crippen molar-refractivity contribution in [3.63, 3.8) is 0 Å². The van der Waals surface area contributed by atoms with Gasteiger partial charge >= 0.3 is 5.97 Å². The maximum atomic E-state index is 13.4. The first-order valence-corrected chi connectivity index (χ1v) is 9.53. The zero-order valence-corrected chi connectivity index (χ0v) is 15.3. The molecular formula is C23H22O4. The summed E-state index contributed by atoms with van der Waals surface area (Å²) in [7, 11) is 0. The number of ketones is 2. The monoisotopic (exact) mass is 362 g/mol. The van der Waals surface area contributed by atoms with Crippen LogP contribution in [0.3, 0.4) is 0 Å². The van der Waals surface area contributed by atoms with E-state index in [1.807, 2.05) is 6.08 Å². The lowest BCUT2D eigenvalue weighted by Crippen LogP contribution is -2.43. The zero-order valence-electron chi connectivity index (χ0n) is 15.3. The molecule has 27 heavy (non-hydrogen) atoms. The van der Waals surface area contributed by atoms with Crippen LogP contribution < -0.4 is 0 Å². The lowest BCUT2D eigenvalue weighted by atomic mass is 9.61. The number of fused-ring (bicyclic) bond motifs is 4. The van der Waals surface area contributed by atoms with Crippen molar-refractivity contribution in [3.05, 3.63) is 70.8 Å². The lowest BCUT2D eigenvalue weighted by Gasteiger charge is -2.40. The number of carbonyl (C=O) groups is 3. The summed E-state index contributed by atoms with van der Waals surface area (Å²) in [5.74, 6) is -1.39.